The third kappa shape index (κ3) is 2.80. The molecule has 1 aromatic rings. The fourth-order valence-electron chi connectivity index (χ4n) is 1.27. The van der Waals surface area contributed by atoms with E-state index in [1.165, 1.54) is 0 Å². The highest BCUT2D eigenvalue weighted by atomic mass is 79.9. The summed E-state index contributed by atoms with van der Waals surface area (Å²) in [6.07, 6.45) is -0.317. The SMILES string of the molecule is Cc1nn(C)c(CNCC(C)O)c1Br. The molecule has 0 saturated heterocycles. The molecule has 1 heterocycles. The lowest BCUT2D eigenvalue weighted by Crippen LogP contribution is -2.25. The monoisotopic (exact) mass is 261 g/mol. The third-order valence-electron chi connectivity index (χ3n) is 1.99. The molecule has 0 saturated carbocycles. The van der Waals surface area contributed by atoms with Crippen LogP contribution in [0.5, 0.6) is 0 Å². The summed E-state index contributed by atoms with van der Waals surface area (Å²) >= 11 is 3.48. The first-order valence-corrected chi connectivity index (χ1v) is 5.38. The molecule has 0 aliphatic carbocycles. The number of rotatable bonds is 4. The van der Waals surface area contributed by atoms with Crippen molar-refractivity contribution in [2.75, 3.05) is 6.54 Å². The Morgan fingerprint density at radius 2 is 2.29 bits per heavy atom. The topological polar surface area (TPSA) is 50.1 Å². The molecular weight excluding hydrogens is 246 g/mol. The summed E-state index contributed by atoms with van der Waals surface area (Å²) in [5.74, 6) is 0. The Morgan fingerprint density at radius 3 is 2.71 bits per heavy atom. The smallest absolute Gasteiger partial charge is 0.0739 e. The van der Waals surface area contributed by atoms with Gasteiger partial charge in [0.25, 0.3) is 0 Å². The maximum Gasteiger partial charge on any atom is 0.0739 e. The summed E-state index contributed by atoms with van der Waals surface area (Å²) in [5.41, 5.74) is 2.09. The Labute approximate surface area is 92.4 Å². The van der Waals surface area contributed by atoms with Crippen molar-refractivity contribution in [2.24, 2.45) is 7.05 Å². The minimum atomic E-state index is -0.317. The van der Waals surface area contributed by atoms with E-state index in [1.54, 1.807) is 6.92 Å². The Hall–Kier alpha value is -0.390. The number of hydrogen-bond donors (Lipinski definition) is 2. The van der Waals surface area contributed by atoms with Crippen LogP contribution in [0.2, 0.25) is 0 Å². The van der Waals surface area contributed by atoms with Gasteiger partial charge in [0.05, 0.1) is 22.0 Å². The second-order valence-corrected chi connectivity index (χ2v) is 4.24. The van der Waals surface area contributed by atoms with Crippen molar-refractivity contribution in [3.05, 3.63) is 15.9 Å². The zero-order valence-electron chi connectivity index (χ0n) is 8.71. The number of aromatic nitrogens is 2. The summed E-state index contributed by atoms with van der Waals surface area (Å²) in [7, 11) is 1.91. The second kappa shape index (κ2) is 4.91. The highest BCUT2D eigenvalue weighted by molar-refractivity contribution is 9.10. The fraction of sp³-hybridized carbons (Fsp3) is 0.667. The van der Waals surface area contributed by atoms with Gasteiger partial charge in [-0.2, -0.15) is 5.10 Å². The van der Waals surface area contributed by atoms with Crippen molar-refractivity contribution in [1.82, 2.24) is 15.1 Å². The molecule has 1 unspecified atom stereocenters. The van der Waals surface area contributed by atoms with Crippen molar-refractivity contribution in [2.45, 2.75) is 26.5 Å². The van der Waals surface area contributed by atoms with E-state index in [4.69, 9.17) is 5.11 Å². The normalized spacial score (nSPS) is 13.2. The lowest BCUT2D eigenvalue weighted by Gasteiger charge is -2.07. The average molecular weight is 262 g/mol. The van der Waals surface area contributed by atoms with Crippen LogP contribution in [-0.4, -0.2) is 27.5 Å². The van der Waals surface area contributed by atoms with E-state index in [9.17, 15) is 0 Å². The van der Waals surface area contributed by atoms with Crippen molar-refractivity contribution >= 4 is 15.9 Å². The molecule has 0 bridgehead atoms. The Morgan fingerprint density at radius 1 is 1.64 bits per heavy atom. The van der Waals surface area contributed by atoms with E-state index in [0.717, 1.165) is 15.9 Å². The van der Waals surface area contributed by atoms with Gasteiger partial charge < -0.3 is 10.4 Å². The van der Waals surface area contributed by atoms with Crippen LogP contribution in [-0.2, 0) is 13.6 Å². The van der Waals surface area contributed by atoms with E-state index < -0.39 is 0 Å². The van der Waals surface area contributed by atoms with Gasteiger partial charge in [0.2, 0.25) is 0 Å². The third-order valence-corrected chi connectivity index (χ3v) is 3.03. The highest BCUT2D eigenvalue weighted by Gasteiger charge is 2.09. The van der Waals surface area contributed by atoms with Gasteiger partial charge >= 0.3 is 0 Å². The molecule has 0 aliphatic heterocycles. The molecule has 4 nitrogen and oxygen atoms in total. The van der Waals surface area contributed by atoms with Gasteiger partial charge in [0.15, 0.2) is 0 Å². The van der Waals surface area contributed by atoms with E-state index in [0.29, 0.717) is 13.1 Å². The molecule has 0 amide bonds. The quantitative estimate of drug-likeness (QED) is 0.849. The zero-order valence-corrected chi connectivity index (χ0v) is 10.3. The summed E-state index contributed by atoms with van der Waals surface area (Å²) in [6.45, 7) is 5.03. The number of aliphatic hydroxyl groups is 1. The summed E-state index contributed by atoms with van der Waals surface area (Å²) < 4.78 is 2.88. The molecule has 14 heavy (non-hydrogen) atoms. The zero-order chi connectivity index (χ0) is 10.7. The van der Waals surface area contributed by atoms with Crippen molar-refractivity contribution in [3.8, 4) is 0 Å². The molecule has 0 spiro atoms. The average Bonchev–Trinajstić information content (AvgIpc) is 2.31. The van der Waals surface area contributed by atoms with Crippen LogP contribution in [0.25, 0.3) is 0 Å². The number of aryl methyl sites for hydroxylation is 2. The van der Waals surface area contributed by atoms with Gasteiger partial charge in [-0.05, 0) is 29.8 Å². The largest absolute Gasteiger partial charge is 0.392 e. The van der Waals surface area contributed by atoms with Crippen LogP contribution in [0, 0.1) is 6.92 Å². The molecule has 0 fully saturated rings. The van der Waals surface area contributed by atoms with E-state index in [-0.39, 0.29) is 6.10 Å². The summed E-state index contributed by atoms with van der Waals surface area (Å²) in [6, 6.07) is 0. The van der Waals surface area contributed by atoms with Crippen LogP contribution in [0.1, 0.15) is 18.3 Å². The first kappa shape index (κ1) is 11.7. The van der Waals surface area contributed by atoms with E-state index in [1.807, 2.05) is 18.7 Å². The molecule has 0 aliphatic rings. The van der Waals surface area contributed by atoms with Crippen molar-refractivity contribution in [3.63, 3.8) is 0 Å². The summed E-state index contributed by atoms with van der Waals surface area (Å²) in [4.78, 5) is 0. The van der Waals surface area contributed by atoms with Gasteiger partial charge in [0, 0.05) is 20.1 Å². The van der Waals surface area contributed by atoms with Crippen LogP contribution in [0.15, 0.2) is 4.47 Å². The van der Waals surface area contributed by atoms with E-state index in [2.05, 4.69) is 26.3 Å². The molecule has 0 radical (unpaired) electrons. The van der Waals surface area contributed by atoms with Crippen LogP contribution in [0.4, 0.5) is 0 Å². The standard InChI is InChI=1S/C9H16BrN3O/c1-6(14)4-11-5-8-9(10)7(2)12-13(8)3/h6,11,14H,4-5H2,1-3H3. The maximum absolute atomic E-state index is 9.08. The minimum Gasteiger partial charge on any atom is -0.392 e. The van der Waals surface area contributed by atoms with Crippen LogP contribution < -0.4 is 5.32 Å². The predicted molar refractivity (Wildman–Crippen MR) is 59.0 cm³/mol. The van der Waals surface area contributed by atoms with Gasteiger partial charge in [-0.15, -0.1) is 0 Å². The summed E-state index contributed by atoms with van der Waals surface area (Å²) in [5, 5.41) is 16.5. The Kier molecular flexibility index (Phi) is 4.10. The molecular formula is C9H16BrN3O. The van der Waals surface area contributed by atoms with Gasteiger partial charge in [-0.3, -0.25) is 4.68 Å². The Bertz CT molecular complexity index is 309. The minimum absolute atomic E-state index is 0.317. The maximum atomic E-state index is 9.08. The molecule has 1 aromatic heterocycles. The highest BCUT2D eigenvalue weighted by Crippen LogP contribution is 2.19. The van der Waals surface area contributed by atoms with E-state index >= 15 is 0 Å². The molecule has 0 aromatic carbocycles. The molecule has 1 atom stereocenters. The van der Waals surface area contributed by atoms with Crippen molar-refractivity contribution in [1.29, 1.82) is 0 Å². The molecule has 80 valence electrons. The van der Waals surface area contributed by atoms with Gasteiger partial charge in [-0.1, -0.05) is 0 Å². The number of aliphatic hydroxyl groups excluding tert-OH is 1. The number of nitrogens with zero attached hydrogens (tertiary/aromatic N) is 2. The number of halogens is 1. The van der Waals surface area contributed by atoms with Gasteiger partial charge in [-0.25, -0.2) is 0 Å². The first-order chi connectivity index (χ1) is 6.52. The van der Waals surface area contributed by atoms with Crippen LogP contribution in [0.3, 0.4) is 0 Å². The second-order valence-electron chi connectivity index (χ2n) is 3.45. The van der Waals surface area contributed by atoms with Gasteiger partial charge in [0.1, 0.15) is 0 Å². The lowest BCUT2D eigenvalue weighted by molar-refractivity contribution is 0.190. The molecule has 2 N–H and O–H groups in total. The number of nitrogens with one attached hydrogen (secondary N) is 1. The predicted octanol–water partition coefficient (Wildman–Crippen LogP) is 0.961. The molecule has 5 heteroatoms. The lowest BCUT2D eigenvalue weighted by atomic mass is 10.3. The van der Waals surface area contributed by atoms with Crippen LogP contribution >= 0.6 is 15.9 Å². The number of hydrogen-bond acceptors (Lipinski definition) is 3. The molecule has 1 rings (SSSR count). The first-order valence-electron chi connectivity index (χ1n) is 4.59. The Balaban J connectivity index is 2.58. The van der Waals surface area contributed by atoms with Crippen molar-refractivity contribution < 1.29 is 5.11 Å². The fourth-order valence-corrected chi connectivity index (χ4v) is 1.75.